The summed E-state index contributed by atoms with van der Waals surface area (Å²) in [4.78, 5) is 13.9. The zero-order valence-electron chi connectivity index (χ0n) is 11.5. The zero-order valence-corrected chi connectivity index (χ0v) is 12.2. The van der Waals surface area contributed by atoms with Gasteiger partial charge in [-0.3, -0.25) is 4.79 Å². The van der Waals surface area contributed by atoms with Gasteiger partial charge in [-0.15, -0.1) is 0 Å². The topological polar surface area (TPSA) is 54.7 Å². The van der Waals surface area contributed by atoms with Gasteiger partial charge in [-0.05, 0) is 18.2 Å². The van der Waals surface area contributed by atoms with E-state index < -0.39 is 6.10 Å². The Labute approximate surface area is 127 Å². The Morgan fingerprint density at radius 3 is 2.57 bits per heavy atom. The van der Waals surface area contributed by atoms with Crippen LogP contribution in [0.15, 0.2) is 36.7 Å². The molecule has 0 spiro atoms. The number of carbonyl (C=O) groups is 1. The first-order valence-corrected chi connectivity index (χ1v) is 6.96. The summed E-state index contributed by atoms with van der Waals surface area (Å²) < 4.78 is 7.18. The van der Waals surface area contributed by atoms with Crippen molar-refractivity contribution in [3.63, 3.8) is 0 Å². The molecule has 0 bridgehead atoms. The van der Waals surface area contributed by atoms with Crippen LogP contribution in [0.3, 0.4) is 0 Å². The van der Waals surface area contributed by atoms with E-state index in [1.54, 1.807) is 17.0 Å². The van der Waals surface area contributed by atoms with Gasteiger partial charge in [0.15, 0.2) is 0 Å². The number of nitrogens with zero attached hydrogens (tertiary/aromatic N) is 2. The second-order valence-electron chi connectivity index (χ2n) is 4.96. The van der Waals surface area contributed by atoms with E-state index in [-0.39, 0.29) is 5.91 Å². The summed E-state index contributed by atoms with van der Waals surface area (Å²) in [5.41, 5.74) is 1.16. The molecule has 0 atom stereocenters. The Hall–Kier alpha value is -1.98. The van der Waals surface area contributed by atoms with Crippen LogP contribution in [0.5, 0.6) is 5.75 Å². The fraction of sp³-hybridized carbons (Fsp3) is 0.267. The maximum Gasteiger partial charge on any atom is 0.257 e. The number of amides is 1. The summed E-state index contributed by atoms with van der Waals surface area (Å²) in [7, 11) is 1.52. The van der Waals surface area contributed by atoms with Crippen LogP contribution >= 0.6 is 11.6 Å². The second kappa shape index (κ2) is 5.42. The van der Waals surface area contributed by atoms with Crippen LogP contribution in [0.25, 0.3) is 5.69 Å². The fourth-order valence-electron chi connectivity index (χ4n) is 2.36. The van der Waals surface area contributed by atoms with Gasteiger partial charge in [0.1, 0.15) is 5.75 Å². The number of aliphatic hydroxyl groups is 1. The third-order valence-corrected chi connectivity index (χ3v) is 3.83. The number of likely N-dealkylation sites (tertiary alicyclic amines) is 1. The van der Waals surface area contributed by atoms with Crippen molar-refractivity contribution in [3.8, 4) is 11.4 Å². The number of β-amino-alcohol motifs (C(OH)–C–C–N with tert-alkyl or cyclic N) is 1. The number of halogens is 1. The monoisotopic (exact) mass is 306 g/mol. The minimum atomic E-state index is -0.436. The molecule has 1 N–H and O–H groups in total. The summed E-state index contributed by atoms with van der Waals surface area (Å²) in [5, 5.41) is 9.78. The molecule has 1 saturated heterocycles. The van der Waals surface area contributed by atoms with Crippen LogP contribution in [0.2, 0.25) is 5.02 Å². The average molecular weight is 307 g/mol. The molecule has 3 rings (SSSR count). The van der Waals surface area contributed by atoms with Crippen LogP contribution in [0.4, 0.5) is 0 Å². The molecule has 0 radical (unpaired) electrons. The molecule has 1 aromatic carbocycles. The molecule has 1 fully saturated rings. The van der Waals surface area contributed by atoms with Gasteiger partial charge >= 0.3 is 0 Å². The molecule has 5 nitrogen and oxygen atoms in total. The van der Waals surface area contributed by atoms with Gasteiger partial charge in [-0.1, -0.05) is 11.6 Å². The number of hydrogen-bond acceptors (Lipinski definition) is 3. The number of benzene rings is 1. The largest absolute Gasteiger partial charge is 0.496 e. The minimum absolute atomic E-state index is 0.182. The van der Waals surface area contributed by atoms with Gasteiger partial charge in [0.25, 0.3) is 5.91 Å². The van der Waals surface area contributed by atoms with Crippen LogP contribution in [0.1, 0.15) is 10.4 Å². The molecule has 1 aromatic heterocycles. The van der Waals surface area contributed by atoms with E-state index in [0.29, 0.717) is 29.4 Å². The van der Waals surface area contributed by atoms with E-state index >= 15 is 0 Å². The predicted octanol–water partition coefficient (Wildman–Crippen LogP) is 1.96. The number of rotatable bonds is 3. The lowest BCUT2D eigenvalue weighted by Gasteiger charge is -2.36. The van der Waals surface area contributed by atoms with Gasteiger partial charge in [0.05, 0.1) is 29.5 Å². The standard InChI is InChI=1S/C15H15ClN2O3/c1-21-14-7-13(17-4-2-3-5-17)12(16)6-11(14)15(20)18-8-10(19)9-18/h2-7,10,19H,8-9H2,1H3. The van der Waals surface area contributed by atoms with Crippen LogP contribution in [-0.2, 0) is 0 Å². The highest BCUT2D eigenvalue weighted by Gasteiger charge is 2.31. The van der Waals surface area contributed by atoms with E-state index in [4.69, 9.17) is 16.3 Å². The molecule has 1 aliphatic heterocycles. The molecular weight excluding hydrogens is 292 g/mol. The van der Waals surface area contributed by atoms with Crippen molar-refractivity contribution in [1.29, 1.82) is 0 Å². The molecule has 1 aliphatic rings. The van der Waals surface area contributed by atoms with Gasteiger partial charge in [-0.25, -0.2) is 0 Å². The first-order valence-electron chi connectivity index (χ1n) is 6.58. The van der Waals surface area contributed by atoms with Crippen molar-refractivity contribution >= 4 is 17.5 Å². The smallest absolute Gasteiger partial charge is 0.257 e. The first-order chi connectivity index (χ1) is 10.1. The second-order valence-corrected chi connectivity index (χ2v) is 5.37. The highest BCUT2D eigenvalue weighted by Crippen LogP contribution is 2.31. The quantitative estimate of drug-likeness (QED) is 0.943. The third-order valence-electron chi connectivity index (χ3n) is 3.53. The highest BCUT2D eigenvalue weighted by atomic mass is 35.5. The fourth-order valence-corrected chi connectivity index (χ4v) is 2.62. The van der Waals surface area contributed by atoms with E-state index in [2.05, 4.69) is 0 Å². The third kappa shape index (κ3) is 2.50. The zero-order chi connectivity index (χ0) is 15.0. The normalized spacial score (nSPS) is 14.9. The molecule has 2 aromatic rings. The Bertz CT molecular complexity index is 664. The molecule has 0 saturated carbocycles. The molecule has 1 amide bonds. The van der Waals surface area contributed by atoms with E-state index in [9.17, 15) is 9.90 Å². The number of carbonyl (C=O) groups excluding carboxylic acids is 1. The number of ether oxygens (including phenoxy) is 1. The SMILES string of the molecule is COc1cc(-n2cccc2)c(Cl)cc1C(=O)N1CC(O)C1. The Morgan fingerprint density at radius 2 is 2.00 bits per heavy atom. The maximum atomic E-state index is 12.4. The lowest BCUT2D eigenvalue weighted by molar-refractivity contribution is 0.00570. The van der Waals surface area contributed by atoms with Crippen molar-refractivity contribution in [2.75, 3.05) is 20.2 Å². The number of aliphatic hydroxyl groups excluding tert-OH is 1. The van der Waals surface area contributed by atoms with E-state index in [1.165, 1.54) is 7.11 Å². The van der Waals surface area contributed by atoms with Gasteiger partial charge in [0.2, 0.25) is 0 Å². The molecule has 6 heteroatoms. The van der Waals surface area contributed by atoms with Gasteiger partial charge < -0.3 is 19.3 Å². The molecular formula is C15H15ClN2O3. The van der Waals surface area contributed by atoms with Crippen LogP contribution < -0.4 is 4.74 Å². The van der Waals surface area contributed by atoms with Crippen molar-refractivity contribution < 1.29 is 14.6 Å². The summed E-state index contributed by atoms with van der Waals surface area (Å²) in [5.74, 6) is 0.285. The van der Waals surface area contributed by atoms with Gasteiger partial charge in [0, 0.05) is 31.5 Å². The summed E-state index contributed by atoms with van der Waals surface area (Å²) in [6, 6.07) is 7.14. The Morgan fingerprint density at radius 1 is 1.33 bits per heavy atom. The first kappa shape index (κ1) is 14.0. The van der Waals surface area contributed by atoms with Gasteiger partial charge in [-0.2, -0.15) is 0 Å². The maximum absolute atomic E-state index is 12.4. The highest BCUT2D eigenvalue weighted by molar-refractivity contribution is 6.33. The summed E-state index contributed by atoms with van der Waals surface area (Å²) in [6.07, 6.45) is 3.30. The van der Waals surface area contributed by atoms with E-state index in [0.717, 1.165) is 5.69 Å². The number of methoxy groups -OCH3 is 1. The Balaban J connectivity index is 1.98. The van der Waals surface area contributed by atoms with Crippen LogP contribution in [-0.4, -0.2) is 46.8 Å². The summed E-state index contributed by atoms with van der Waals surface area (Å²) in [6.45, 7) is 0.692. The summed E-state index contributed by atoms with van der Waals surface area (Å²) >= 11 is 6.29. The lowest BCUT2D eigenvalue weighted by atomic mass is 10.1. The van der Waals surface area contributed by atoms with Crippen molar-refractivity contribution in [3.05, 3.63) is 47.2 Å². The minimum Gasteiger partial charge on any atom is -0.496 e. The molecule has 0 unspecified atom stereocenters. The lowest BCUT2D eigenvalue weighted by Crippen LogP contribution is -2.53. The Kier molecular flexibility index (Phi) is 3.61. The van der Waals surface area contributed by atoms with Crippen molar-refractivity contribution in [1.82, 2.24) is 9.47 Å². The number of aromatic nitrogens is 1. The molecule has 110 valence electrons. The van der Waals surface area contributed by atoms with E-state index in [1.807, 2.05) is 29.1 Å². The molecule has 21 heavy (non-hydrogen) atoms. The van der Waals surface area contributed by atoms with Crippen molar-refractivity contribution in [2.45, 2.75) is 6.10 Å². The van der Waals surface area contributed by atoms with Crippen LogP contribution in [0, 0.1) is 0 Å². The van der Waals surface area contributed by atoms with Crippen molar-refractivity contribution in [2.24, 2.45) is 0 Å². The number of hydrogen-bond donors (Lipinski definition) is 1. The molecule has 0 aliphatic carbocycles. The average Bonchev–Trinajstić information content (AvgIpc) is 2.97. The molecule has 2 heterocycles. The predicted molar refractivity (Wildman–Crippen MR) is 79.2 cm³/mol.